The number of benzene rings is 3. The van der Waals surface area contributed by atoms with Crippen molar-refractivity contribution in [2.24, 2.45) is 5.92 Å². The Morgan fingerprint density at radius 2 is 0.889 bits per heavy atom. The zero-order valence-electron chi connectivity index (χ0n) is 22.2. The summed E-state index contributed by atoms with van der Waals surface area (Å²) in [6, 6.07) is 32.8. The van der Waals surface area contributed by atoms with E-state index >= 15 is 0 Å². The fourth-order valence-electron chi connectivity index (χ4n) is 6.43. The fourth-order valence-corrected chi connectivity index (χ4v) is 12.7. The zero-order valence-corrected chi connectivity index (χ0v) is 23.8. The summed E-state index contributed by atoms with van der Waals surface area (Å²) in [4.78, 5) is 0. The quantitative estimate of drug-likeness (QED) is 0.146. The summed E-state index contributed by atoms with van der Waals surface area (Å²) in [5, 5.41) is 3.88. The van der Waals surface area contributed by atoms with Crippen LogP contribution in [0.1, 0.15) is 89.9 Å². The molecule has 1 aliphatic rings. The Balaban J connectivity index is 1.34. The first kappa shape index (κ1) is 27.4. The Labute approximate surface area is 225 Å². The van der Waals surface area contributed by atoms with Gasteiger partial charge in [-0.1, -0.05) is 19.3 Å². The third-order valence-corrected chi connectivity index (χ3v) is 16.1. The summed E-state index contributed by atoms with van der Waals surface area (Å²) in [6.45, 7) is 0. The van der Waals surface area contributed by atoms with Crippen LogP contribution in [-0.2, 0) is 0 Å². The molecule has 2 heteroatoms. The van der Waals surface area contributed by atoms with Gasteiger partial charge in [0, 0.05) is 0 Å². The Kier molecular flexibility index (Phi) is 10.5. The third-order valence-electron chi connectivity index (χ3n) is 8.55. The van der Waals surface area contributed by atoms with Gasteiger partial charge in [-0.3, -0.25) is 0 Å². The molecule has 0 spiro atoms. The first-order valence-corrected chi connectivity index (χ1v) is 17.9. The van der Waals surface area contributed by atoms with E-state index in [1.165, 1.54) is 106 Å². The minimum absolute atomic E-state index is 1.02. The molecule has 4 rings (SSSR count). The maximum absolute atomic E-state index is 8.17. The number of hydrogen-bond donors (Lipinski definition) is 0. The SMILES string of the molecule is ClP(CCCCCCCCCCC1CCCCC1)(c1ccccc1)(c1ccccc1)c1ccccc1. The predicted octanol–water partition coefficient (Wildman–Crippen LogP) is 9.76. The van der Waals surface area contributed by atoms with Crippen LogP contribution in [0.5, 0.6) is 0 Å². The molecule has 0 nitrogen and oxygen atoms in total. The van der Waals surface area contributed by atoms with Gasteiger partial charge in [-0.15, -0.1) is 0 Å². The summed E-state index contributed by atoms with van der Waals surface area (Å²) >= 11 is 8.17. The molecule has 0 amide bonds. The minimum atomic E-state index is -3.07. The van der Waals surface area contributed by atoms with E-state index in [1.807, 2.05) is 0 Å². The van der Waals surface area contributed by atoms with Crippen LogP contribution in [0.25, 0.3) is 0 Å². The molecule has 0 atom stereocenters. The van der Waals surface area contributed by atoms with Crippen molar-refractivity contribution in [2.75, 3.05) is 6.16 Å². The summed E-state index contributed by atoms with van der Waals surface area (Å²) < 4.78 is 0. The Morgan fingerprint density at radius 3 is 1.33 bits per heavy atom. The molecular formula is C34H46ClP. The van der Waals surface area contributed by atoms with E-state index in [1.54, 1.807) is 0 Å². The van der Waals surface area contributed by atoms with E-state index in [0.717, 1.165) is 12.1 Å². The number of rotatable bonds is 14. The van der Waals surface area contributed by atoms with Gasteiger partial charge in [0.1, 0.15) is 0 Å². The van der Waals surface area contributed by atoms with E-state index in [-0.39, 0.29) is 0 Å². The first-order chi connectivity index (χ1) is 17.7. The maximum atomic E-state index is 8.17. The van der Waals surface area contributed by atoms with Crippen LogP contribution in [0.2, 0.25) is 0 Å². The van der Waals surface area contributed by atoms with Crippen molar-refractivity contribution in [3.8, 4) is 0 Å². The second-order valence-electron chi connectivity index (χ2n) is 11.0. The van der Waals surface area contributed by atoms with E-state index in [2.05, 4.69) is 91.0 Å². The first-order valence-electron chi connectivity index (χ1n) is 14.6. The molecule has 3 aromatic carbocycles. The van der Waals surface area contributed by atoms with Crippen LogP contribution in [0, 0.1) is 5.92 Å². The van der Waals surface area contributed by atoms with Crippen LogP contribution in [-0.4, -0.2) is 6.16 Å². The van der Waals surface area contributed by atoms with Gasteiger partial charge in [0.05, 0.1) is 0 Å². The van der Waals surface area contributed by atoms with Crippen molar-refractivity contribution < 1.29 is 0 Å². The third kappa shape index (κ3) is 6.62. The molecule has 3 aromatic rings. The number of unbranched alkanes of at least 4 members (excludes halogenated alkanes) is 7. The van der Waals surface area contributed by atoms with Crippen molar-refractivity contribution in [1.29, 1.82) is 0 Å². The normalized spacial score (nSPS) is 15.9. The van der Waals surface area contributed by atoms with Gasteiger partial charge < -0.3 is 0 Å². The monoisotopic (exact) mass is 520 g/mol. The van der Waals surface area contributed by atoms with Crippen LogP contribution in [0.4, 0.5) is 0 Å². The predicted molar refractivity (Wildman–Crippen MR) is 164 cm³/mol. The van der Waals surface area contributed by atoms with Crippen molar-refractivity contribution in [3.05, 3.63) is 91.0 Å². The number of halogens is 1. The van der Waals surface area contributed by atoms with E-state index in [0.29, 0.717) is 0 Å². The second-order valence-corrected chi connectivity index (χ2v) is 17.6. The molecule has 0 aromatic heterocycles. The molecule has 1 saturated carbocycles. The van der Waals surface area contributed by atoms with Gasteiger partial charge in [-0.05, 0) is 0 Å². The molecule has 0 unspecified atom stereocenters. The summed E-state index contributed by atoms with van der Waals surface area (Å²) in [7, 11) is 0. The van der Waals surface area contributed by atoms with Gasteiger partial charge >= 0.3 is 207 Å². The van der Waals surface area contributed by atoms with Crippen LogP contribution in [0.3, 0.4) is 0 Å². The van der Waals surface area contributed by atoms with Crippen molar-refractivity contribution in [2.45, 2.75) is 89.9 Å². The number of hydrogen-bond acceptors (Lipinski definition) is 0. The molecule has 1 aliphatic carbocycles. The van der Waals surface area contributed by atoms with Crippen molar-refractivity contribution in [3.63, 3.8) is 0 Å². The van der Waals surface area contributed by atoms with E-state index < -0.39 is 5.96 Å². The molecule has 0 saturated heterocycles. The topological polar surface area (TPSA) is 0 Å². The van der Waals surface area contributed by atoms with Gasteiger partial charge in [0.25, 0.3) is 0 Å². The Bertz CT molecular complexity index is 896. The summed E-state index contributed by atoms with van der Waals surface area (Å²) in [5.41, 5.74) is 0. The van der Waals surface area contributed by atoms with Crippen LogP contribution in [0.15, 0.2) is 91.0 Å². The Morgan fingerprint density at radius 1 is 0.500 bits per heavy atom. The molecule has 0 N–H and O–H groups in total. The average molecular weight is 521 g/mol. The molecule has 36 heavy (non-hydrogen) atoms. The van der Waals surface area contributed by atoms with Crippen molar-refractivity contribution >= 4 is 33.1 Å². The molecule has 194 valence electrons. The molecule has 0 radical (unpaired) electrons. The van der Waals surface area contributed by atoms with Gasteiger partial charge in [0.15, 0.2) is 0 Å². The molecule has 0 heterocycles. The van der Waals surface area contributed by atoms with Crippen molar-refractivity contribution in [1.82, 2.24) is 0 Å². The zero-order chi connectivity index (χ0) is 25.0. The molecule has 0 bridgehead atoms. The molecule has 1 fully saturated rings. The van der Waals surface area contributed by atoms with Crippen LogP contribution >= 0.6 is 17.2 Å². The standard InChI is InChI=1S/C34H46ClP/c35-36(32-24-14-8-15-25-32,33-26-16-9-17-27-33,34-28-18-10-19-29-34)30-20-6-4-2-1-3-5-11-21-31-22-12-7-13-23-31/h8-10,14-19,24-29,31H,1-7,11-13,20-23,30H2. The van der Waals surface area contributed by atoms with Gasteiger partial charge in [0.2, 0.25) is 0 Å². The second kappa shape index (κ2) is 13.8. The summed E-state index contributed by atoms with van der Waals surface area (Å²) in [5.74, 6) is -2.02. The molecule has 0 aliphatic heterocycles. The summed E-state index contributed by atoms with van der Waals surface area (Å²) in [6.07, 6.45) is 20.8. The van der Waals surface area contributed by atoms with Crippen LogP contribution < -0.4 is 15.9 Å². The van der Waals surface area contributed by atoms with Gasteiger partial charge in [-0.2, -0.15) is 0 Å². The van der Waals surface area contributed by atoms with E-state index in [4.69, 9.17) is 11.2 Å². The van der Waals surface area contributed by atoms with E-state index in [9.17, 15) is 0 Å². The Hall–Kier alpha value is -1.62. The van der Waals surface area contributed by atoms with Gasteiger partial charge in [-0.25, -0.2) is 0 Å². The average Bonchev–Trinajstić information content (AvgIpc) is 2.96. The fraction of sp³-hybridized carbons (Fsp3) is 0.471. The molecular weight excluding hydrogens is 475 g/mol.